The van der Waals surface area contributed by atoms with Crippen LogP contribution in [-0.2, 0) is 0 Å². The maximum absolute atomic E-state index is 14.1. The smallest absolute Gasteiger partial charge is 0.197 e. The fourth-order valence-corrected chi connectivity index (χ4v) is 1.92. The van der Waals surface area contributed by atoms with Crippen molar-refractivity contribution in [2.75, 3.05) is 7.11 Å². The summed E-state index contributed by atoms with van der Waals surface area (Å²) in [7, 11) is 1.37. The highest BCUT2D eigenvalue weighted by atomic mass is 19.1. The lowest BCUT2D eigenvalue weighted by molar-refractivity contribution is 0.103. The first-order valence-corrected chi connectivity index (χ1v) is 5.86. The van der Waals surface area contributed by atoms with Gasteiger partial charge in [0.15, 0.2) is 17.3 Å². The number of methoxy groups -OCH3 is 1. The number of nitrogens with zero attached hydrogens (tertiary/aromatic N) is 1. The van der Waals surface area contributed by atoms with Gasteiger partial charge in [-0.1, -0.05) is 6.07 Å². The molecule has 1 aromatic carbocycles. The zero-order valence-corrected chi connectivity index (χ0v) is 11.0. The molecule has 0 unspecified atom stereocenters. The highest BCUT2D eigenvalue weighted by Gasteiger charge is 2.19. The van der Waals surface area contributed by atoms with E-state index >= 15 is 0 Å². The van der Waals surface area contributed by atoms with Crippen molar-refractivity contribution in [1.29, 1.82) is 0 Å². The number of ketones is 1. The summed E-state index contributed by atoms with van der Waals surface area (Å²) >= 11 is 0. The van der Waals surface area contributed by atoms with Gasteiger partial charge in [-0.05, 0) is 38.1 Å². The van der Waals surface area contributed by atoms with Gasteiger partial charge in [0.05, 0.1) is 12.7 Å². The van der Waals surface area contributed by atoms with Crippen molar-refractivity contribution in [2.24, 2.45) is 0 Å². The Morgan fingerprint density at radius 2 is 1.89 bits per heavy atom. The van der Waals surface area contributed by atoms with Crippen LogP contribution in [0.3, 0.4) is 0 Å². The van der Waals surface area contributed by atoms with E-state index in [1.54, 1.807) is 25.1 Å². The predicted octanol–water partition coefficient (Wildman–Crippen LogP) is 3.08. The largest absolute Gasteiger partial charge is 0.494 e. The number of carbonyl (C=O) groups excluding carboxylic acids is 1. The van der Waals surface area contributed by atoms with Crippen molar-refractivity contribution >= 4 is 5.78 Å². The lowest BCUT2D eigenvalue weighted by Gasteiger charge is -2.08. The first-order valence-electron chi connectivity index (χ1n) is 5.86. The van der Waals surface area contributed by atoms with Crippen molar-refractivity contribution < 1.29 is 13.9 Å². The zero-order valence-electron chi connectivity index (χ0n) is 11.0. The number of halogens is 1. The fourth-order valence-electron chi connectivity index (χ4n) is 1.92. The van der Waals surface area contributed by atoms with Crippen LogP contribution < -0.4 is 4.74 Å². The van der Waals surface area contributed by atoms with E-state index < -0.39 is 5.82 Å². The second kappa shape index (κ2) is 5.18. The Morgan fingerprint density at radius 3 is 2.53 bits per heavy atom. The van der Waals surface area contributed by atoms with Gasteiger partial charge < -0.3 is 4.74 Å². The van der Waals surface area contributed by atoms with Gasteiger partial charge in [-0.25, -0.2) is 4.39 Å². The summed E-state index contributed by atoms with van der Waals surface area (Å²) in [4.78, 5) is 16.5. The molecule has 0 radical (unpaired) electrons. The van der Waals surface area contributed by atoms with Crippen LogP contribution in [0.4, 0.5) is 4.39 Å². The first-order chi connectivity index (χ1) is 9.04. The first kappa shape index (κ1) is 13.2. The van der Waals surface area contributed by atoms with E-state index in [4.69, 9.17) is 4.74 Å². The van der Waals surface area contributed by atoms with Gasteiger partial charge in [0.2, 0.25) is 0 Å². The molecule has 0 fully saturated rings. The van der Waals surface area contributed by atoms with Crippen molar-refractivity contribution in [1.82, 2.24) is 4.98 Å². The third kappa shape index (κ3) is 2.47. The van der Waals surface area contributed by atoms with Crippen LogP contribution in [0, 0.1) is 19.7 Å². The molecule has 0 spiro atoms. The molecule has 2 rings (SSSR count). The van der Waals surface area contributed by atoms with Gasteiger partial charge in [0, 0.05) is 17.0 Å². The summed E-state index contributed by atoms with van der Waals surface area (Å²) < 4.78 is 18.9. The summed E-state index contributed by atoms with van der Waals surface area (Å²) in [5.74, 6) is -0.972. The maximum atomic E-state index is 14.1. The van der Waals surface area contributed by atoms with Crippen molar-refractivity contribution in [3.63, 3.8) is 0 Å². The van der Waals surface area contributed by atoms with Gasteiger partial charge in [0.25, 0.3) is 0 Å². The number of pyridine rings is 1. The molecule has 2 aromatic rings. The molecule has 0 N–H and O–H groups in total. The number of rotatable bonds is 3. The summed E-state index contributed by atoms with van der Waals surface area (Å²) in [6.07, 6.45) is 0. The van der Waals surface area contributed by atoms with E-state index in [9.17, 15) is 9.18 Å². The zero-order chi connectivity index (χ0) is 14.0. The van der Waals surface area contributed by atoms with Crippen molar-refractivity contribution in [3.05, 3.63) is 58.7 Å². The molecule has 4 heteroatoms. The molecule has 0 aliphatic heterocycles. The normalized spacial score (nSPS) is 10.3. The highest BCUT2D eigenvalue weighted by molar-refractivity contribution is 6.10. The van der Waals surface area contributed by atoms with Crippen LogP contribution in [-0.4, -0.2) is 17.9 Å². The number of benzene rings is 1. The third-order valence-electron chi connectivity index (χ3n) is 2.90. The monoisotopic (exact) mass is 259 g/mol. The van der Waals surface area contributed by atoms with Gasteiger partial charge in [0.1, 0.15) is 0 Å². The molecule has 0 atom stereocenters. The SMILES string of the molecule is COc1cccc(C(=O)c2ccc(C)nc2C)c1F. The number of aryl methyl sites for hydroxylation is 2. The van der Waals surface area contributed by atoms with Crippen LogP contribution in [0.2, 0.25) is 0 Å². The molecule has 19 heavy (non-hydrogen) atoms. The molecule has 0 aliphatic carbocycles. The summed E-state index contributed by atoms with van der Waals surface area (Å²) in [5.41, 5.74) is 1.80. The average Bonchev–Trinajstić information content (AvgIpc) is 2.38. The van der Waals surface area contributed by atoms with E-state index in [1.165, 1.54) is 19.2 Å². The summed E-state index contributed by atoms with van der Waals surface area (Å²) in [6, 6.07) is 7.91. The molecule has 0 saturated heterocycles. The second-order valence-electron chi connectivity index (χ2n) is 4.24. The van der Waals surface area contributed by atoms with Crippen molar-refractivity contribution in [3.8, 4) is 5.75 Å². The number of hydrogen-bond acceptors (Lipinski definition) is 3. The average molecular weight is 259 g/mol. The Kier molecular flexibility index (Phi) is 3.60. The van der Waals surface area contributed by atoms with Gasteiger partial charge >= 0.3 is 0 Å². The molecule has 3 nitrogen and oxygen atoms in total. The molecule has 0 saturated carbocycles. The summed E-state index contributed by atoms with van der Waals surface area (Å²) in [6.45, 7) is 3.58. The molecule has 0 bridgehead atoms. The van der Waals surface area contributed by atoms with E-state index in [1.807, 2.05) is 6.92 Å². The lowest BCUT2D eigenvalue weighted by atomic mass is 10.0. The molecule has 98 valence electrons. The summed E-state index contributed by atoms with van der Waals surface area (Å²) in [5, 5.41) is 0. The predicted molar refractivity (Wildman–Crippen MR) is 70.1 cm³/mol. The third-order valence-corrected chi connectivity index (χ3v) is 2.90. The molecule has 0 amide bonds. The van der Waals surface area contributed by atoms with Crippen LogP contribution in [0.15, 0.2) is 30.3 Å². The molecular weight excluding hydrogens is 245 g/mol. The van der Waals surface area contributed by atoms with E-state index in [0.29, 0.717) is 11.3 Å². The topological polar surface area (TPSA) is 39.2 Å². The Labute approximate surface area is 111 Å². The van der Waals surface area contributed by atoms with Crippen LogP contribution >= 0.6 is 0 Å². The Morgan fingerprint density at radius 1 is 1.16 bits per heavy atom. The number of hydrogen-bond donors (Lipinski definition) is 0. The Bertz CT molecular complexity index is 638. The minimum Gasteiger partial charge on any atom is -0.494 e. The van der Waals surface area contributed by atoms with Crippen LogP contribution in [0.25, 0.3) is 0 Å². The molecule has 1 aromatic heterocycles. The minimum absolute atomic E-state index is 0.00639. The van der Waals surface area contributed by atoms with Gasteiger partial charge in [-0.15, -0.1) is 0 Å². The van der Waals surface area contributed by atoms with Crippen LogP contribution in [0.5, 0.6) is 5.75 Å². The lowest BCUT2D eigenvalue weighted by Crippen LogP contribution is -2.08. The molecule has 0 aliphatic rings. The molecular formula is C15H14FNO2. The maximum Gasteiger partial charge on any atom is 0.197 e. The minimum atomic E-state index is -0.644. The number of aromatic nitrogens is 1. The van der Waals surface area contributed by atoms with Gasteiger partial charge in [-0.2, -0.15) is 0 Å². The fraction of sp³-hybridized carbons (Fsp3) is 0.200. The van der Waals surface area contributed by atoms with Gasteiger partial charge in [-0.3, -0.25) is 9.78 Å². The highest BCUT2D eigenvalue weighted by Crippen LogP contribution is 2.23. The van der Waals surface area contributed by atoms with E-state index in [-0.39, 0.29) is 17.1 Å². The quantitative estimate of drug-likeness (QED) is 0.795. The van der Waals surface area contributed by atoms with E-state index in [2.05, 4.69) is 4.98 Å². The second-order valence-corrected chi connectivity index (χ2v) is 4.24. The van der Waals surface area contributed by atoms with Crippen molar-refractivity contribution in [2.45, 2.75) is 13.8 Å². The Hall–Kier alpha value is -2.23. The number of carbonyl (C=O) groups is 1. The van der Waals surface area contributed by atoms with Crippen LogP contribution in [0.1, 0.15) is 27.3 Å². The Balaban J connectivity index is 2.50. The standard InChI is InChI=1S/C15H14FNO2/c1-9-7-8-11(10(2)17-9)15(18)12-5-4-6-13(19-3)14(12)16/h4-8H,1-3H3. The molecule has 1 heterocycles. The number of ether oxygens (including phenoxy) is 1. The van der Waals surface area contributed by atoms with E-state index in [0.717, 1.165) is 5.69 Å².